The molecule has 0 heterocycles. The fourth-order valence-corrected chi connectivity index (χ4v) is 3.16. The van der Waals surface area contributed by atoms with Gasteiger partial charge in [0.05, 0.1) is 18.1 Å². The molecule has 2 saturated carbocycles. The predicted octanol–water partition coefficient (Wildman–Crippen LogP) is 2.23. The number of nitrogens with one attached hydrogen (secondary N) is 1. The molecule has 2 fully saturated rings. The summed E-state index contributed by atoms with van der Waals surface area (Å²) in [6, 6.07) is 3.31. The normalized spacial score (nSPS) is 39.5. The van der Waals surface area contributed by atoms with Crippen LogP contribution in [0.25, 0.3) is 0 Å². The van der Waals surface area contributed by atoms with Gasteiger partial charge in [-0.25, -0.2) is 0 Å². The summed E-state index contributed by atoms with van der Waals surface area (Å²) in [6.45, 7) is 0. The van der Waals surface area contributed by atoms with Gasteiger partial charge in [-0.15, -0.1) is 0 Å². The molecule has 4 atom stereocenters. The van der Waals surface area contributed by atoms with Crippen LogP contribution in [0.3, 0.4) is 0 Å². The first-order valence-electron chi connectivity index (χ1n) is 6.53. The van der Waals surface area contributed by atoms with Crippen LogP contribution in [0, 0.1) is 17.2 Å². The lowest BCUT2D eigenvalue weighted by atomic mass is 9.91. The Morgan fingerprint density at radius 1 is 1.06 bits per heavy atom. The lowest BCUT2D eigenvalue weighted by Crippen LogP contribution is -2.48. The quantitative estimate of drug-likeness (QED) is 0.796. The molecule has 0 radical (unpaired) electrons. The Morgan fingerprint density at radius 3 is 2.56 bits per heavy atom. The maximum atomic E-state index is 9.07. The van der Waals surface area contributed by atoms with Crippen LogP contribution < -0.4 is 5.32 Å². The van der Waals surface area contributed by atoms with Crippen LogP contribution in [-0.2, 0) is 4.74 Å². The minimum absolute atomic E-state index is 0.222. The molecule has 90 valence electrons. The SMILES string of the molecule is COC1CCCCC1NC1CCCC1C#N. The van der Waals surface area contributed by atoms with Crippen LogP contribution in [0.4, 0.5) is 0 Å². The van der Waals surface area contributed by atoms with Gasteiger partial charge in [-0.2, -0.15) is 5.26 Å². The van der Waals surface area contributed by atoms with E-state index < -0.39 is 0 Å². The second kappa shape index (κ2) is 5.65. The predicted molar refractivity (Wildman–Crippen MR) is 62.9 cm³/mol. The highest BCUT2D eigenvalue weighted by atomic mass is 16.5. The first kappa shape index (κ1) is 11.9. The van der Waals surface area contributed by atoms with Crippen molar-refractivity contribution >= 4 is 0 Å². The highest BCUT2D eigenvalue weighted by Gasteiger charge is 2.32. The van der Waals surface area contributed by atoms with Gasteiger partial charge < -0.3 is 10.1 Å². The average molecular weight is 222 g/mol. The summed E-state index contributed by atoms with van der Waals surface area (Å²) in [4.78, 5) is 0. The number of methoxy groups -OCH3 is 1. The van der Waals surface area contributed by atoms with Crippen molar-refractivity contribution in [2.24, 2.45) is 5.92 Å². The van der Waals surface area contributed by atoms with Crippen LogP contribution in [0.1, 0.15) is 44.9 Å². The number of nitriles is 1. The van der Waals surface area contributed by atoms with Crippen molar-refractivity contribution < 1.29 is 4.74 Å². The fraction of sp³-hybridized carbons (Fsp3) is 0.923. The van der Waals surface area contributed by atoms with Gasteiger partial charge >= 0.3 is 0 Å². The molecule has 16 heavy (non-hydrogen) atoms. The molecular formula is C13H22N2O. The van der Waals surface area contributed by atoms with Gasteiger partial charge in [0, 0.05) is 19.2 Å². The van der Waals surface area contributed by atoms with E-state index in [1.54, 1.807) is 7.11 Å². The van der Waals surface area contributed by atoms with Gasteiger partial charge in [-0.3, -0.25) is 0 Å². The molecule has 2 aliphatic rings. The lowest BCUT2D eigenvalue weighted by molar-refractivity contribution is 0.0368. The summed E-state index contributed by atoms with van der Waals surface area (Å²) in [5.41, 5.74) is 0. The van der Waals surface area contributed by atoms with Crippen molar-refractivity contribution in [3.8, 4) is 6.07 Å². The fourth-order valence-electron chi connectivity index (χ4n) is 3.16. The molecule has 4 unspecified atom stereocenters. The Balaban J connectivity index is 1.89. The molecule has 2 rings (SSSR count). The molecule has 0 saturated heterocycles. The van der Waals surface area contributed by atoms with Crippen LogP contribution in [0.2, 0.25) is 0 Å². The third-order valence-corrected chi connectivity index (χ3v) is 4.12. The molecule has 0 aromatic heterocycles. The zero-order valence-electron chi connectivity index (χ0n) is 10.1. The van der Waals surface area contributed by atoms with E-state index in [1.165, 1.54) is 25.7 Å². The van der Waals surface area contributed by atoms with Gasteiger partial charge in [0.2, 0.25) is 0 Å². The molecule has 0 bridgehead atoms. The Bertz CT molecular complexity index is 261. The molecule has 0 amide bonds. The van der Waals surface area contributed by atoms with Crippen molar-refractivity contribution in [1.82, 2.24) is 5.32 Å². The van der Waals surface area contributed by atoms with Gasteiger partial charge in [0.1, 0.15) is 0 Å². The average Bonchev–Trinajstić information content (AvgIpc) is 2.77. The van der Waals surface area contributed by atoms with Crippen LogP contribution in [0.15, 0.2) is 0 Å². The summed E-state index contributed by atoms with van der Waals surface area (Å²) >= 11 is 0. The number of hydrogen-bond donors (Lipinski definition) is 1. The highest BCUT2D eigenvalue weighted by molar-refractivity contribution is 4.98. The van der Waals surface area contributed by atoms with E-state index in [4.69, 9.17) is 10.00 Å². The maximum Gasteiger partial charge on any atom is 0.0724 e. The zero-order chi connectivity index (χ0) is 11.4. The van der Waals surface area contributed by atoms with E-state index >= 15 is 0 Å². The first-order valence-corrected chi connectivity index (χ1v) is 6.53. The molecule has 0 aromatic carbocycles. The van der Waals surface area contributed by atoms with E-state index in [2.05, 4.69) is 11.4 Å². The van der Waals surface area contributed by atoms with E-state index in [0.717, 1.165) is 19.3 Å². The van der Waals surface area contributed by atoms with Crippen molar-refractivity contribution in [3.05, 3.63) is 0 Å². The summed E-state index contributed by atoms with van der Waals surface area (Å²) in [5, 5.41) is 12.7. The molecule has 0 aromatic rings. The molecule has 2 aliphatic carbocycles. The minimum atomic E-state index is 0.222. The molecule has 0 aliphatic heterocycles. The second-order valence-electron chi connectivity index (χ2n) is 5.10. The van der Waals surface area contributed by atoms with Crippen molar-refractivity contribution in [2.45, 2.75) is 63.1 Å². The Labute approximate surface area is 98.2 Å². The highest BCUT2D eigenvalue weighted by Crippen LogP contribution is 2.28. The summed E-state index contributed by atoms with van der Waals surface area (Å²) in [7, 11) is 1.81. The van der Waals surface area contributed by atoms with Gasteiger partial charge in [-0.1, -0.05) is 19.3 Å². The first-order chi connectivity index (χ1) is 7.85. The van der Waals surface area contributed by atoms with Crippen LogP contribution >= 0.6 is 0 Å². The van der Waals surface area contributed by atoms with Crippen molar-refractivity contribution in [2.75, 3.05) is 7.11 Å². The van der Waals surface area contributed by atoms with Crippen LogP contribution in [0.5, 0.6) is 0 Å². The lowest BCUT2D eigenvalue weighted by Gasteiger charge is -2.34. The molecule has 1 N–H and O–H groups in total. The number of rotatable bonds is 3. The number of nitrogens with zero attached hydrogens (tertiary/aromatic N) is 1. The second-order valence-corrected chi connectivity index (χ2v) is 5.10. The molecular weight excluding hydrogens is 200 g/mol. The smallest absolute Gasteiger partial charge is 0.0724 e. The molecule has 0 spiro atoms. The number of ether oxygens (including phenoxy) is 1. The Kier molecular flexibility index (Phi) is 4.20. The van der Waals surface area contributed by atoms with Crippen molar-refractivity contribution in [3.63, 3.8) is 0 Å². The van der Waals surface area contributed by atoms with Crippen LogP contribution in [-0.4, -0.2) is 25.3 Å². The Morgan fingerprint density at radius 2 is 1.81 bits per heavy atom. The van der Waals surface area contributed by atoms with E-state index in [1.807, 2.05) is 0 Å². The van der Waals surface area contributed by atoms with Gasteiger partial charge in [0.25, 0.3) is 0 Å². The van der Waals surface area contributed by atoms with E-state index in [0.29, 0.717) is 18.2 Å². The third kappa shape index (κ3) is 2.56. The van der Waals surface area contributed by atoms with Crippen molar-refractivity contribution in [1.29, 1.82) is 5.26 Å². The monoisotopic (exact) mass is 222 g/mol. The molecule has 3 nitrogen and oxygen atoms in total. The Hall–Kier alpha value is -0.590. The summed E-state index contributed by atoms with van der Waals surface area (Å²) in [6.07, 6.45) is 8.72. The van der Waals surface area contributed by atoms with E-state index in [-0.39, 0.29) is 5.92 Å². The minimum Gasteiger partial charge on any atom is -0.380 e. The van der Waals surface area contributed by atoms with Gasteiger partial charge in [0.15, 0.2) is 0 Å². The standard InChI is InChI=1S/C13H22N2O/c1-16-13-8-3-2-6-12(13)15-11-7-4-5-10(11)9-14/h10-13,15H,2-8H2,1H3. The summed E-state index contributed by atoms with van der Waals surface area (Å²) in [5.74, 6) is 0.222. The topological polar surface area (TPSA) is 45.0 Å². The van der Waals surface area contributed by atoms with Gasteiger partial charge in [-0.05, 0) is 25.7 Å². The maximum absolute atomic E-state index is 9.07. The summed E-state index contributed by atoms with van der Waals surface area (Å²) < 4.78 is 5.54. The molecule has 3 heteroatoms. The van der Waals surface area contributed by atoms with E-state index in [9.17, 15) is 0 Å². The third-order valence-electron chi connectivity index (χ3n) is 4.12. The zero-order valence-corrected chi connectivity index (χ0v) is 10.1. The number of hydrogen-bond acceptors (Lipinski definition) is 3. The largest absolute Gasteiger partial charge is 0.380 e.